The molecule has 0 fully saturated rings. The van der Waals surface area contributed by atoms with E-state index in [4.69, 9.17) is 0 Å². The van der Waals surface area contributed by atoms with Crippen molar-refractivity contribution >= 4 is 26.7 Å². The Bertz CT molecular complexity index is 333. The molecule has 0 radical (unpaired) electrons. The molecular formula is C7H5BrOS. The third-order valence-electron chi connectivity index (χ3n) is 1.60. The molecule has 1 atom stereocenters. The number of aryl methyl sites for hydroxylation is 1. The van der Waals surface area contributed by atoms with Crippen LogP contribution in [0.25, 0.3) is 0 Å². The van der Waals surface area contributed by atoms with Crippen molar-refractivity contribution in [2.24, 2.45) is 0 Å². The highest BCUT2D eigenvalue weighted by atomic mass is 79.9. The van der Waals surface area contributed by atoms with Gasteiger partial charge in [-0.05, 0) is 34.5 Å². The number of fused-ring (bicyclic) bond motifs is 1. The Morgan fingerprint density at radius 3 is 2.80 bits per heavy atom. The molecule has 1 unspecified atom stereocenters. The van der Waals surface area contributed by atoms with Crippen molar-refractivity contribution in [3.63, 3.8) is 0 Å². The van der Waals surface area contributed by atoms with Gasteiger partial charge in [-0.25, -0.2) is 4.21 Å². The molecule has 1 aromatic rings. The first kappa shape index (κ1) is 6.55. The summed E-state index contributed by atoms with van der Waals surface area (Å²) in [4.78, 5) is 1.97. The molecule has 1 heterocycles. The van der Waals surface area contributed by atoms with Crippen molar-refractivity contribution < 1.29 is 4.21 Å². The first-order valence-electron chi connectivity index (χ1n) is 2.92. The Balaban J connectivity index is 2.74. The monoisotopic (exact) mass is 216 g/mol. The molecule has 1 aromatic carbocycles. The van der Waals surface area contributed by atoms with E-state index in [-0.39, 0.29) is 0 Å². The van der Waals surface area contributed by atoms with Gasteiger partial charge in [0.15, 0.2) is 0 Å². The third-order valence-corrected chi connectivity index (χ3v) is 4.21. The normalized spacial score (nSPS) is 20.4. The molecule has 1 aliphatic rings. The van der Waals surface area contributed by atoms with Crippen LogP contribution in [0, 0.1) is 6.92 Å². The van der Waals surface area contributed by atoms with Crippen LogP contribution < -0.4 is 0 Å². The maximum Gasteiger partial charge on any atom is 0.0886 e. The van der Waals surface area contributed by atoms with Gasteiger partial charge < -0.3 is 0 Å². The maximum atomic E-state index is 11.0. The average Bonchev–Trinajstić information content (AvgIpc) is 2.54. The maximum absolute atomic E-state index is 11.0. The van der Waals surface area contributed by atoms with Crippen molar-refractivity contribution in [3.05, 3.63) is 22.2 Å². The molecule has 10 heavy (non-hydrogen) atoms. The van der Waals surface area contributed by atoms with E-state index in [0.29, 0.717) is 0 Å². The van der Waals surface area contributed by atoms with Crippen LogP contribution in [0.2, 0.25) is 0 Å². The largest absolute Gasteiger partial charge is 0.249 e. The topological polar surface area (TPSA) is 17.1 Å². The molecule has 0 saturated carbocycles. The Morgan fingerprint density at radius 1 is 1.50 bits per heavy atom. The standard InChI is InChI=1S/C7H5BrOS/c1-4-2-3-5-7(6(4)8)10(5)9/h2-3H,1H3. The van der Waals surface area contributed by atoms with E-state index < -0.39 is 10.8 Å². The van der Waals surface area contributed by atoms with Gasteiger partial charge in [0.2, 0.25) is 0 Å². The van der Waals surface area contributed by atoms with Crippen LogP contribution in [-0.2, 0) is 10.8 Å². The molecule has 1 aliphatic heterocycles. The number of rotatable bonds is 0. The number of benzene rings is 1. The zero-order chi connectivity index (χ0) is 7.30. The second kappa shape index (κ2) is 1.92. The summed E-state index contributed by atoms with van der Waals surface area (Å²) in [6.45, 7) is 2.00. The summed E-state index contributed by atoms with van der Waals surface area (Å²) in [6, 6.07) is 3.90. The fourth-order valence-corrected chi connectivity index (χ4v) is 2.92. The second-order valence-electron chi connectivity index (χ2n) is 2.29. The summed E-state index contributed by atoms with van der Waals surface area (Å²) >= 11 is 3.38. The van der Waals surface area contributed by atoms with Gasteiger partial charge in [-0.2, -0.15) is 0 Å². The molecule has 3 heteroatoms. The van der Waals surface area contributed by atoms with Crippen LogP contribution in [0.5, 0.6) is 0 Å². The molecular weight excluding hydrogens is 212 g/mol. The Labute approximate surface area is 70.0 Å². The van der Waals surface area contributed by atoms with Crippen LogP contribution in [-0.4, -0.2) is 4.21 Å². The molecule has 0 aliphatic carbocycles. The lowest BCUT2D eigenvalue weighted by Gasteiger charge is -1.89. The number of hydrogen-bond donors (Lipinski definition) is 0. The van der Waals surface area contributed by atoms with E-state index in [9.17, 15) is 4.21 Å². The average molecular weight is 217 g/mol. The first-order chi connectivity index (χ1) is 4.72. The van der Waals surface area contributed by atoms with Gasteiger partial charge in [-0.15, -0.1) is 0 Å². The lowest BCUT2D eigenvalue weighted by Crippen LogP contribution is -1.69. The molecule has 0 saturated heterocycles. The van der Waals surface area contributed by atoms with E-state index in [1.807, 2.05) is 19.1 Å². The van der Waals surface area contributed by atoms with Gasteiger partial charge in [0, 0.05) is 4.47 Å². The summed E-state index contributed by atoms with van der Waals surface area (Å²) in [5, 5.41) is 0. The van der Waals surface area contributed by atoms with Crippen LogP contribution >= 0.6 is 15.9 Å². The second-order valence-corrected chi connectivity index (χ2v) is 4.47. The fraction of sp³-hybridized carbons (Fsp3) is 0.143. The van der Waals surface area contributed by atoms with Crippen LogP contribution in [0.4, 0.5) is 0 Å². The van der Waals surface area contributed by atoms with E-state index in [1.54, 1.807) is 0 Å². The van der Waals surface area contributed by atoms with E-state index in [2.05, 4.69) is 15.9 Å². The Hall–Kier alpha value is -0.150. The molecule has 0 bridgehead atoms. The lowest BCUT2D eigenvalue weighted by molar-refractivity contribution is 0.692. The van der Waals surface area contributed by atoms with Crippen LogP contribution in [0.1, 0.15) is 5.56 Å². The van der Waals surface area contributed by atoms with Gasteiger partial charge >= 0.3 is 0 Å². The van der Waals surface area contributed by atoms with Gasteiger partial charge in [0.25, 0.3) is 0 Å². The molecule has 0 aromatic heterocycles. The lowest BCUT2D eigenvalue weighted by atomic mass is 10.2. The molecule has 1 nitrogen and oxygen atoms in total. The summed E-state index contributed by atoms with van der Waals surface area (Å²) in [7, 11) is -0.783. The highest BCUT2D eigenvalue weighted by molar-refractivity contribution is 9.10. The minimum atomic E-state index is -0.783. The van der Waals surface area contributed by atoms with E-state index >= 15 is 0 Å². The number of hydrogen-bond acceptors (Lipinski definition) is 1. The van der Waals surface area contributed by atoms with Crippen molar-refractivity contribution in [2.75, 3.05) is 0 Å². The molecule has 52 valence electrons. The van der Waals surface area contributed by atoms with Crippen LogP contribution in [0.15, 0.2) is 26.4 Å². The summed E-state index contributed by atoms with van der Waals surface area (Å²) in [5.74, 6) is 0. The van der Waals surface area contributed by atoms with Crippen molar-refractivity contribution in [1.82, 2.24) is 0 Å². The van der Waals surface area contributed by atoms with Crippen molar-refractivity contribution in [1.29, 1.82) is 0 Å². The SMILES string of the molecule is Cc1ccc2c(c1Br)S2=O. The molecule has 0 spiro atoms. The summed E-state index contributed by atoms with van der Waals surface area (Å²) in [5.41, 5.74) is 1.16. The third kappa shape index (κ3) is 0.705. The summed E-state index contributed by atoms with van der Waals surface area (Å²) < 4.78 is 12.0. The highest BCUT2D eigenvalue weighted by Gasteiger charge is 2.31. The molecule has 0 N–H and O–H groups in total. The van der Waals surface area contributed by atoms with E-state index in [1.165, 1.54) is 0 Å². The van der Waals surface area contributed by atoms with Crippen LogP contribution in [0.3, 0.4) is 0 Å². The molecule has 2 rings (SSSR count). The zero-order valence-corrected chi connectivity index (χ0v) is 7.75. The van der Waals surface area contributed by atoms with Gasteiger partial charge in [0.05, 0.1) is 20.6 Å². The van der Waals surface area contributed by atoms with Gasteiger partial charge in [-0.1, -0.05) is 6.07 Å². The number of halogens is 1. The van der Waals surface area contributed by atoms with E-state index in [0.717, 1.165) is 19.8 Å². The summed E-state index contributed by atoms with van der Waals surface area (Å²) in [6.07, 6.45) is 0. The minimum Gasteiger partial charge on any atom is -0.249 e. The molecule has 0 amide bonds. The van der Waals surface area contributed by atoms with Gasteiger partial charge in [0.1, 0.15) is 0 Å². The van der Waals surface area contributed by atoms with Crippen molar-refractivity contribution in [3.8, 4) is 0 Å². The van der Waals surface area contributed by atoms with Gasteiger partial charge in [-0.3, -0.25) is 0 Å². The Kier molecular flexibility index (Phi) is 1.26. The van der Waals surface area contributed by atoms with Crippen molar-refractivity contribution in [2.45, 2.75) is 16.7 Å². The first-order valence-corrected chi connectivity index (χ1v) is 4.87. The Morgan fingerprint density at radius 2 is 2.20 bits per heavy atom. The highest BCUT2D eigenvalue weighted by Crippen LogP contribution is 2.42. The smallest absolute Gasteiger partial charge is 0.0886 e. The predicted molar refractivity (Wildman–Crippen MR) is 43.6 cm³/mol. The quantitative estimate of drug-likeness (QED) is 0.618. The fourth-order valence-electron chi connectivity index (χ4n) is 0.926. The minimum absolute atomic E-state index is 0.783. The zero-order valence-electron chi connectivity index (χ0n) is 5.35. The predicted octanol–water partition coefficient (Wildman–Crippen LogP) is 2.24.